The van der Waals surface area contributed by atoms with E-state index in [1.807, 2.05) is 0 Å². The summed E-state index contributed by atoms with van der Waals surface area (Å²) in [4.78, 5) is 14.4. The molecular weight excluding hydrogens is 256 g/mol. The standard InChI is InChI=1S/C10H10ClF2NO3/c1-17-7-2-5(4-11)14-6(3-8(15)16)9(7)10(12)13/h2,10H,3-4H2,1H3,(H,15,16). The van der Waals surface area contributed by atoms with E-state index in [1.54, 1.807) is 0 Å². The van der Waals surface area contributed by atoms with Crippen molar-refractivity contribution in [1.82, 2.24) is 4.98 Å². The van der Waals surface area contributed by atoms with Gasteiger partial charge in [0.15, 0.2) is 0 Å². The normalized spacial score (nSPS) is 10.6. The first-order valence-corrected chi connectivity index (χ1v) is 5.15. The van der Waals surface area contributed by atoms with Crippen LogP contribution in [0.5, 0.6) is 5.75 Å². The fraction of sp³-hybridized carbons (Fsp3) is 0.400. The maximum atomic E-state index is 12.8. The Morgan fingerprint density at radius 1 is 1.65 bits per heavy atom. The highest BCUT2D eigenvalue weighted by molar-refractivity contribution is 6.16. The highest BCUT2D eigenvalue weighted by atomic mass is 35.5. The predicted molar refractivity (Wildman–Crippen MR) is 56.6 cm³/mol. The lowest BCUT2D eigenvalue weighted by atomic mass is 10.1. The Balaban J connectivity index is 3.35. The van der Waals surface area contributed by atoms with E-state index in [4.69, 9.17) is 21.4 Å². The molecule has 0 saturated carbocycles. The molecule has 0 aromatic carbocycles. The maximum absolute atomic E-state index is 12.8. The summed E-state index contributed by atoms with van der Waals surface area (Å²) in [6, 6.07) is 1.28. The van der Waals surface area contributed by atoms with E-state index in [9.17, 15) is 13.6 Å². The zero-order valence-corrected chi connectivity index (χ0v) is 9.67. The largest absolute Gasteiger partial charge is 0.496 e. The molecule has 0 spiro atoms. The summed E-state index contributed by atoms with van der Waals surface area (Å²) in [5.41, 5.74) is -0.421. The zero-order valence-electron chi connectivity index (χ0n) is 8.91. The first-order valence-electron chi connectivity index (χ1n) is 4.62. The van der Waals surface area contributed by atoms with Gasteiger partial charge >= 0.3 is 5.97 Å². The molecule has 7 heteroatoms. The molecule has 1 heterocycles. The van der Waals surface area contributed by atoms with Crippen LogP contribution >= 0.6 is 11.6 Å². The van der Waals surface area contributed by atoms with Gasteiger partial charge in [-0.1, -0.05) is 0 Å². The number of pyridine rings is 1. The van der Waals surface area contributed by atoms with Gasteiger partial charge in [0.25, 0.3) is 6.43 Å². The number of aliphatic carboxylic acids is 1. The molecule has 4 nitrogen and oxygen atoms in total. The van der Waals surface area contributed by atoms with Crippen LogP contribution in [0.15, 0.2) is 6.07 Å². The molecule has 1 rings (SSSR count). The Morgan fingerprint density at radius 2 is 2.29 bits per heavy atom. The second kappa shape index (κ2) is 5.77. The molecular formula is C10H10ClF2NO3. The predicted octanol–water partition coefficient (Wildman–Crippen LogP) is 2.39. The van der Waals surface area contributed by atoms with Crippen molar-refractivity contribution in [2.24, 2.45) is 0 Å². The summed E-state index contributed by atoms with van der Waals surface area (Å²) in [5.74, 6) is -1.35. The first kappa shape index (κ1) is 13.6. The fourth-order valence-electron chi connectivity index (χ4n) is 1.39. The molecule has 94 valence electrons. The van der Waals surface area contributed by atoms with Gasteiger partial charge in [0.2, 0.25) is 0 Å². The Bertz CT molecular complexity index is 426. The molecule has 0 amide bonds. The summed E-state index contributed by atoms with van der Waals surface area (Å²) in [6.45, 7) is 0. The van der Waals surface area contributed by atoms with Crippen LogP contribution in [0, 0.1) is 0 Å². The van der Waals surface area contributed by atoms with Crippen molar-refractivity contribution in [1.29, 1.82) is 0 Å². The van der Waals surface area contributed by atoms with E-state index in [-0.39, 0.29) is 17.3 Å². The van der Waals surface area contributed by atoms with Crippen molar-refractivity contribution in [2.45, 2.75) is 18.7 Å². The van der Waals surface area contributed by atoms with Gasteiger partial charge in [-0.25, -0.2) is 8.78 Å². The fourth-order valence-corrected chi connectivity index (χ4v) is 1.52. The minimum absolute atomic E-state index is 0.00744. The molecule has 0 radical (unpaired) electrons. The number of hydrogen-bond acceptors (Lipinski definition) is 3. The number of alkyl halides is 3. The van der Waals surface area contributed by atoms with Crippen LogP contribution in [0.1, 0.15) is 23.4 Å². The third-order valence-corrected chi connectivity index (χ3v) is 2.32. The number of carboxylic acids is 1. The number of carboxylic acid groups (broad SMARTS) is 1. The monoisotopic (exact) mass is 265 g/mol. The molecule has 0 aliphatic heterocycles. The lowest BCUT2D eigenvalue weighted by molar-refractivity contribution is -0.136. The van der Waals surface area contributed by atoms with E-state index in [2.05, 4.69) is 4.98 Å². The van der Waals surface area contributed by atoms with Gasteiger partial charge in [0, 0.05) is 6.07 Å². The molecule has 0 aliphatic carbocycles. The van der Waals surface area contributed by atoms with Crippen molar-refractivity contribution in [3.63, 3.8) is 0 Å². The minimum Gasteiger partial charge on any atom is -0.496 e. The number of halogens is 3. The number of aromatic nitrogens is 1. The van der Waals surface area contributed by atoms with E-state index >= 15 is 0 Å². The van der Waals surface area contributed by atoms with E-state index in [1.165, 1.54) is 13.2 Å². The molecule has 1 N–H and O–H groups in total. The molecule has 1 aromatic heterocycles. The highest BCUT2D eigenvalue weighted by Gasteiger charge is 2.22. The third-order valence-electron chi connectivity index (χ3n) is 2.05. The maximum Gasteiger partial charge on any atom is 0.309 e. The smallest absolute Gasteiger partial charge is 0.309 e. The number of rotatable bonds is 5. The van der Waals surface area contributed by atoms with Crippen LogP contribution in [0.2, 0.25) is 0 Å². The van der Waals surface area contributed by atoms with Gasteiger partial charge < -0.3 is 9.84 Å². The number of hydrogen-bond donors (Lipinski definition) is 1. The quantitative estimate of drug-likeness (QED) is 0.831. The van der Waals surface area contributed by atoms with Crippen molar-refractivity contribution < 1.29 is 23.4 Å². The van der Waals surface area contributed by atoms with Crippen LogP contribution in [-0.4, -0.2) is 23.2 Å². The van der Waals surface area contributed by atoms with E-state index < -0.39 is 24.4 Å². The summed E-state index contributed by atoms with van der Waals surface area (Å²) in [5, 5.41) is 8.64. The number of nitrogens with zero attached hydrogens (tertiary/aromatic N) is 1. The second-order valence-corrected chi connectivity index (χ2v) is 3.45. The van der Waals surface area contributed by atoms with Gasteiger partial charge in [-0.05, 0) is 0 Å². The zero-order chi connectivity index (χ0) is 13.0. The Kier molecular flexibility index (Phi) is 4.62. The van der Waals surface area contributed by atoms with Crippen LogP contribution in [-0.2, 0) is 17.1 Å². The minimum atomic E-state index is -2.85. The Morgan fingerprint density at radius 3 is 2.71 bits per heavy atom. The number of methoxy groups -OCH3 is 1. The lowest BCUT2D eigenvalue weighted by Gasteiger charge is -2.13. The van der Waals surface area contributed by atoms with Crippen molar-refractivity contribution in [3.8, 4) is 5.75 Å². The second-order valence-electron chi connectivity index (χ2n) is 3.18. The lowest BCUT2D eigenvalue weighted by Crippen LogP contribution is -2.09. The van der Waals surface area contributed by atoms with Crippen LogP contribution < -0.4 is 4.74 Å². The molecule has 0 unspecified atom stereocenters. The summed E-state index contributed by atoms with van der Waals surface area (Å²) in [7, 11) is 1.23. The highest BCUT2D eigenvalue weighted by Crippen LogP contribution is 2.32. The Labute approximate surface area is 101 Å². The van der Waals surface area contributed by atoms with Crippen molar-refractivity contribution >= 4 is 17.6 Å². The Hall–Kier alpha value is -1.43. The van der Waals surface area contributed by atoms with Crippen molar-refractivity contribution in [3.05, 3.63) is 23.0 Å². The van der Waals surface area contributed by atoms with Crippen LogP contribution in [0.3, 0.4) is 0 Å². The third kappa shape index (κ3) is 3.26. The van der Waals surface area contributed by atoms with E-state index in [0.717, 1.165) is 0 Å². The molecule has 0 aliphatic rings. The SMILES string of the molecule is COc1cc(CCl)nc(CC(=O)O)c1C(F)F. The van der Waals surface area contributed by atoms with Crippen LogP contribution in [0.25, 0.3) is 0 Å². The van der Waals surface area contributed by atoms with E-state index in [0.29, 0.717) is 5.69 Å². The number of carbonyl (C=O) groups is 1. The topological polar surface area (TPSA) is 59.4 Å². The molecule has 0 bridgehead atoms. The average molecular weight is 266 g/mol. The number of ether oxygens (including phenoxy) is 1. The average Bonchev–Trinajstić information content (AvgIpc) is 2.26. The van der Waals surface area contributed by atoms with Gasteiger partial charge in [-0.2, -0.15) is 0 Å². The van der Waals surface area contributed by atoms with Gasteiger partial charge in [-0.15, -0.1) is 11.6 Å². The molecule has 1 aromatic rings. The molecule has 17 heavy (non-hydrogen) atoms. The van der Waals surface area contributed by atoms with Crippen LogP contribution in [0.4, 0.5) is 8.78 Å². The summed E-state index contributed by atoms with van der Waals surface area (Å²) in [6.07, 6.45) is -3.45. The summed E-state index contributed by atoms with van der Waals surface area (Å²) >= 11 is 5.54. The van der Waals surface area contributed by atoms with Gasteiger partial charge in [0.05, 0.1) is 36.4 Å². The van der Waals surface area contributed by atoms with Crippen molar-refractivity contribution in [2.75, 3.05) is 7.11 Å². The molecule has 0 fully saturated rings. The summed E-state index contributed by atoms with van der Waals surface area (Å²) < 4.78 is 30.4. The van der Waals surface area contributed by atoms with Gasteiger partial charge in [-0.3, -0.25) is 9.78 Å². The molecule has 0 atom stereocenters. The first-order chi connectivity index (χ1) is 7.99. The molecule has 0 saturated heterocycles. The van der Waals surface area contributed by atoms with Gasteiger partial charge in [0.1, 0.15) is 5.75 Å².